The number of carbonyl (C=O) groups is 3. The van der Waals surface area contributed by atoms with Gasteiger partial charge in [-0.15, -0.1) is 0 Å². The Labute approximate surface area is 181 Å². The molecule has 0 aliphatic rings. The van der Waals surface area contributed by atoms with Gasteiger partial charge in [-0.3, -0.25) is 13.9 Å². The number of rotatable bonds is 9. The van der Waals surface area contributed by atoms with Crippen LogP contribution in [0.5, 0.6) is 0 Å². The minimum atomic E-state index is -4.15. The fourth-order valence-corrected chi connectivity index (χ4v) is 4.07. The summed E-state index contributed by atoms with van der Waals surface area (Å²) in [6.45, 7) is 4.38. The highest BCUT2D eigenvalue weighted by atomic mass is 32.2. The van der Waals surface area contributed by atoms with Crippen molar-refractivity contribution in [2.24, 2.45) is 0 Å². The number of benzene rings is 2. The summed E-state index contributed by atoms with van der Waals surface area (Å²) in [6, 6.07) is 11.2. The molecule has 10 heteroatoms. The van der Waals surface area contributed by atoms with Crippen LogP contribution in [0.3, 0.4) is 0 Å². The third kappa shape index (κ3) is 6.29. The second-order valence-corrected chi connectivity index (χ2v) is 8.15. The van der Waals surface area contributed by atoms with E-state index in [2.05, 4.69) is 5.32 Å². The van der Waals surface area contributed by atoms with Gasteiger partial charge in [-0.05, 0) is 62.4 Å². The van der Waals surface area contributed by atoms with Crippen LogP contribution in [0.15, 0.2) is 53.4 Å². The number of hydrogen-bond donors (Lipinski definition) is 1. The molecule has 0 heterocycles. The van der Waals surface area contributed by atoms with E-state index in [1.165, 1.54) is 55.5 Å². The Morgan fingerprint density at radius 1 is 0.903 bits per heavy atom. The Bertz CT molecular complexity index is 1030. The van der Waals surface area contributed by atoms with Crippen LogP contribution in [0.4, 0.5) is 11.4 Å². The van der Waals surface area contributed by atoms with Crippen LogP contribution in [0.1, 0.15) is 31.1 Å². The van der Waals surface area contributed by atoms with Crippen LogP contribution in [-0.2, 0) is 29.1 Å². The number of ether oxygens (including phenoxy) is 2. The molecule has 1 amide bonds. The molecule has 0 unspecified atom stereocenters. The molecule has 0 spiro atoms. The quantitative estimate of drug-likeness (QED) is 0.586. The maximum Gasteiger partial charge on any atom is 0.338 e. The summed E-state index contributed by atoms with van der Waals surface area (Å²) in [5.74, 6) is -1.56. The van der Waals surface area contributed by atoms with Gasteiger partial charge in [-0.25, -0.2) is 13.2 Å². The molecule has 166 valence electrons. The molecule has 1 N–H and O–H groups in total. The third-order valence-corrected chi connectivity index (χ3v) is 5.80. The molecule has 9 nitrogen and oxygen atoms in total. The molecular weight excluding hydrogens is 424 g/mol. The third-order valence-electron chi connectivity index (χ3n) is 4.01. The first-order chi connectivity index (χ1) is 14.7. The lowest BCUT2D eigenvalue weighted by Gasteiger charge is -2.24. The molecule has 0 aliphatic heterocycles. The number of amides is 1. The normalized spacial score (nSPS) is 10.8. The van der Waals surface area contributed by atoms with E-state index in [9.17, 15) is 22.8 Å². The zero-order chi connectivity index (χ0) is 23.0. The number of anilines is 2. The molecule has 0 atom stereocenters. The fraction of sp³-hybridized carbons (Fsp3) is 0.286. The number of nitrogens with zero attached hydrogens (tertiary/aromatic N) is 1. The van der Waals surface area contributed by atoms with E-state index in [4.69, 9.17) is 9.47 Å². The van der Waals surface area contributed by atoms with Gasteiger partial charge in [-0.1, -0.05) is 0 Å². The van der Waals surface area contributed by atoms with Gasteiger partial charge in [-0.2, -0.15) is 0 Å². The van der Waals surface area contributed by atoms with E-state index in [-0.39, 0.29) is 35.3 Å². The SMILES string of the molecule is CCOC(=O)CN(c1ccc(C(=O)OCC)cc1)S(=O)(=O)c1ccc(NC(C)=O)cc1. The van der Waals surface area contributed by atoms with Gasteiger partial charge in [0.05, 0.1) is 29.4 Å². The summed E-state index contributed by atoms with van der Waals surface area (Å²) in [4.78, 5) is 35.0. The summed E-state index contributed by atoms with van der Waals surface area (Å²) < 4.78 is 37.3. The Hall–Kier alpha value is -3.40. The monoisotopic (exact) mass is 448 g/mol. The molecule has 0 saturated carbocycles. The van der Waals surface area contributed by atoms with Gasteiger partial charge in [0.15, 0.2) is 0 Å². The molecule has 2 aromatic carbocycles. The fourth-order valence-electron chi connectivity index (χ4n) is 2.66. The van der Waals surface area contributed by atoms with Crippen molar-refractivity contribution in [1.29, 1.82) is 0 Å². The standard InChI is InChI=1S/C21H24N2O7S/c1-4-29-20(25)14-23(18-10-6-16(7-11-18)21(26)30-5-2)31(27,28)19-12-8-17(9-13-19)22-15(3)24/h6-13H,4-5,14H2,1-3H3,(H,22,24). The largest absolute Gasteiger partial charge is 0.465 e. The molecule has 2 rings (SSSR count). The van der Waals surface area contributed by atoms with Gasteiger partial charge in [0.1, 0.15) is 6.54 Å². The van der Waals surface area contributed by atoms with Crippen molar-refractivity contribution in [3.63, 3.8) is 0 Å². The average Bonchev–Trinajstić information content (AvgIpc) is 2.72. The highest BCUT2D eigenvalue weighted by Crippen LogP contribution is 2.25. The van der Waals surface area contributed by atoms with Crippen molar-refractivity contribution < 1.29 is 32.3 Å². The van der Waals surface area contributed by atoms with E-state index in [0.29, 0.717) is 5.69 Å². The van der Waals surface area contributed by atoms with Crippen LogP contribution in [0.2, 0.25) is 0 Å². The molecule has 0 aliphatic carbocycles. The van der Waals surface area contributed by atoms with Crippen molar-refractivity contribution in [1.82, 2.24) is 0 Å². The number of esters is 2. The summed E-state index contributed by atoms with van der Waals surface area (Å²) in [5.41, 5.74) is 0.855. The Morgan fingerprint density at radius 2 is 1.48 bits per heavy atom. The van der Waals surface area contributed by atoms with Gasteiger partial charge in [0, 0.05) is 12.6 Å². The predicted octanol–water partition coefficient (Wildman–Crippen LogP) is 2.58. The molecule has 2 aromatic rings. The lowest BCUT2D eigenvalue weighted by molar-refractivity contribution is -0.141. The van der Waals surface area contributed by atoms with E-state index in [1.807, 2.05) is 0 Å². The van der Waals surface area contributed by atoms with Crippen molar-refractivity contribution in [2.45, 2.75) is 25.7 Å². The Morgan fingerprint density at radius 3 is 2.00 bits per heavy atom. The number of nitrogens with one attached hydrogen (secondary N) is 1. The Kier molecular flexibility index (Phi) is 8.14. The maximum atomic E-state index is 13.3. The smallest absolute Gasteiger partial charge is 0.338 e. The minimum absolute atomic E-state index is 0.0830. The highest BCUT2D eigenvalue weighted by molar-refractivity contribution is 7.92. The zero-order valence-corrected chi connectivity index (χ0v) is 18.3. The first kappa shape index (κ1) is 23.9. The van der Waals surface area contributed by atoms with Crippen molar-refractivity contribution in [3.8, 4) is 0 Å². The molecule has 0 aromatic heterocycles. The van der Waals surface area contributed by atoms with E-state index in [0.717, 1.165) is 4.31 Å². The molecule has 0 fully saturated rings. The zero-order valence-electron chi connectivity index (χ0n) is 17.5. The van der Waals surface area contributed by atoms with Crippen molar-refractivity contribution in [2.75, 3.05) is 29.4 Å². The molecule has 0 bridgehead atoms. The first-order valence-electron chi connectivity index (χ1n) is 9.52. The van der Waals surface area contributed by atoms with Crippen molar-refractivity contribution in [3.05, 3.63) is 54.1 Å². The lowest BCUT2D eigenvalue weighted by atomic mass is 10.2. The van der Waals surface area contributed by atoms with E-state index in [1.54, 1.807) is 13.8 Å². The highest BCUT2D eigenvalue weighted by Gasteiger charge is 2.28. The van der Waals surface area contributed by atoms with Crippen LogP contribution in [-0.4, -0.2) is 46.0 Å². The summed E-state index contributed by atoms with van der Waals surface area (Å²) in [6.07, 6.45) is 0. The second kappa shape index (κ2) is 10.6. The summed E-state index contributed by atoms with van der Waals surface area (Å²) in [7, 11) is -4.15. The topological polar surface area (TPSA) is 119 Å². The van der Waals surface area contributed by atoms with E-state index >= 15 is 0 Å². The van der Waals surface area contributed by atoms with Crippen molar-refractivity contribution >= 4 is 39.2 Å². The van der Waals surface area contributed by atoms with E-state index < -0.39 is 28.5 Å². The Balaban J connectivity index is 2.41. The second-order valence-electron chi connectivity index (χ2n) is 6.29. The van der Waals surface area contributed by atoms with Crippen LogP contribution >= 0.6 is 0 Å². The molecular formula is C21H24N2O7S. The van der Waals surface area contributed by atoms with Gasteiger partial charge < -0.3 is 14.8 Å². The number of sulfonamides is 1. The molecule has 0 radical (unpaired) electrons. The maximum absolute atomic E-state index is 13.3. The summed E-state index contributed by atoms with van der Waals surface area (Å²) >= 11 is 0. The number of carbonyl (C=O) groups excluding carboxylic acids is 3. The van der Waals surface area contributed by atoms with Gasteiger partial charge in [0.25, 0.3) is 10.0 Å². The average molecular weight is 448 g/mol. The molecule has 0 saturated heterocycles. The number of hydrogen-bond acceptors (Lipinski definition) is 7. The first-order valence-corrected chi connectivity index (χ1v) is 11.0. The molecule has 31 heavy (non-hydrogen) atoms. The van der Waals surface area contributed by atoms with Gasteiger partial charge in [0.2, 0.25) is 5.91 Å². The lowest BCUT2D eigenvalue weighted by Crippen LogP contribution is -2.36. The minimum Gasteiger partial charge on any atom is -0.465 e. The van der Waals surface area contributed by atoms with Crippen LogP contribution < -0.4 is 9.62 Å². The summed E-state index contributed by atoms with van der Waals surface area (Å²) in [5, 5.41) is 2.56. The predicted molar refractivity (Wildman–Crippen MR) is 114 cm³/mol. The van der Waals surface area contributed by atoms with Crippen LogP contribution in [0.25, 0.3) is 0 Å². The van der Waals surface area contributed by atoms with Crippen LogP contribution in [0, 0.1) is 0 Å². The van der Waals surface area contributed by atoms with Gasteiger partial charge >= 0.3 is 11.9 Å².